The fourth-order valence-electron chi connectivity index (χ4n) is 2.29. The van der Waals surface area contributed by atoms with E-state index in [4.69, 9.17) is 5.21 Å². The molecule has 2 heteroatoms. The fourth-order valence-corrected chi connectivity index (χ4v) is 2.29. The smallest absolute Gasteiger partial charge is 0.0827 e. The van der Waals surface area contributed by atoms with E-state index in [0.29, 0.717) is 0 Å². The van der Waals surface area contributed by atoms with Crippen molar-refractivity contribution in [1.82, 2.24) is 0 Å². The van der Waals surface area contributed by atoms with Gasteiger partial charge in [-0.3, -0.25) is 0 Å². The maximum absolute atomic E-state index is 9.10. The van der Waals surface area contributed by atoms with Crippen molar-refractivity contribution in [2.24, 2.45) is 5.16 Å². The Balaban J connectivity index is 2.23. The molecular formula is C15H19NO. The zero-order valence-electron chi connectivity index (χ0n) is 10.1. The zero-order chi connectivity index (χ0) is 11.9. The summed E-state index contributed by atoms with van der Waals surface area (Å²) in [4.78, 5) is 0. The van der Waals surface area contributed by atoms with Gasteiger partial charge in [0.15, 0.2) is 0 Å². The van der Waals surface area contributed by atoms with Crippen molar-refractivity contribution in [3.8, 4) is 0 Å². The van der Waals surface area contributed by atoms with Crippen molar-refractivity contribution in [2.75, 3.05) is 0 Å². The number of hydrogen-bond donors (Lipinski definition) is 1. The lowest BCUT2D eigenvalue weighted by atomic mass is 9.93. The monoisotopic (exact) mass is 229 g/mol. The summed E-state index contributed by atoms with van der Waals surface area (Å²) in [6.07, 6.45) is 8.93. The minimum atomic E-state index is 0.869. The first-order valence-electron chi connectivity index (χ1n) is 6.37. The number of oxime groups is 1. The van der Waals surface area contributed by atoms with Crippen LogP contribution in [0.3, 0.4) is 0 Å². The van der Waals surface area contributed by atoms with E-state index in [1.807, 2.05) is 18.2 Å². The minimum Gasteiger partial charge on any atom is -0.411 e. The second-order valence-corrected chi connectivity index (χ2v) is 4.54. The summed E-state index contributed by atoms with van der Waals surface area (Å²) in [6.45, 7) is 0. The normalized spacial score (nSPS) is 22.4. The van der Waals surface area contributed by atoms with E-state index < -0.39 is 0 Å². The highest BCUT2D eigenvalue weighted by Crippen LogP contribution is 2.22. The van der Waals surface area contributed by atoms with Gasteiger partial charge in [-0.2, -0.15) is 0 Å². The molecule has 90 valence electrons. The molecule has 1 aromatic rings. The van der Waals surface area contributed by atoms with E-state index in [-0.39, 0.29) is 0 Å². The van der Waals surface area contributed by atoms with E-state index in [0.717, 1.165) is 25.0 Å². The quantitative estimate of drug-likeness (QED) is 0.566. The predicted molar refractivity (Wildman–Crippen MR) is 71.3 cm³/mol. The summed E-state index contributed by atoms with van der Waals surface area (Å²) >= 11 is 0. The predicted octanol–water partition coefficient (Wildman–Crippen LogP) is 4.25. The van der Waals surface area contributed by atoms with Crippen LogP contribution in [-0.4, -0.2) is 10.9 Å². The van der Waals surface area contributed by atoms with Crippen LogP contribution in [0.25, 0.3) is 6.08 Å². The van der Waals surface area contributed by atoms with E-state index in [9.17, 15) is 0 Å². The highest BCUT2D eigenvalue weighted by molar-refractivity contribution is 6.03. The van der Waals surface area contributed by atoms with Crippen molar-refractivity contribution in [1.29, 1.82) is 0 Å². The van der Waals surface area contributed by atoms with Gasteiger partial charge in [-0.25, -0.2) is 0 Å². The van der Waals surface area contributed by atoms with Crippen molar-refractivity contribution < 1.29 is 5.21 Å². The Labute approximate surface area is 103 Å². The van der Waals surface area contributed by atoms with Crippen LogP contribution in [0.5, 0.6) is 0 Å². The summed E-state index contributed by atoms with van der Waals surface area (Å²) in [5.74, 6) is 0. The molecule has 1 aromatic carbocycles. The highest BCUT2D eigenvalue weighted by Gasteiger charge is 2.11. The van der Waals surface area contributed by atoms with Crippen molar-refractivity contribution in [3.63, 3.8) is 0 Å². The maximum atomic E-state index is 9.10. The minimum absolute atomic E-state index is 0.869. The molecular weight excluding hydrogens is 210 g/mol. The topological polar surface area (TPSA) is 32.6 Å². The first-order valence-corrected chi connectivity index (χ1v) is 6.37. The maximum Gasteiger partial charge on any atom is 0.0827 e. The molecule has 1 N–H and O–H groups in total. The molecule has 0 radical (unpaired) electrons. The molecule has 0 bridgehead atoms. The SMILES string of the molecule is ON=C1CCCCCCC1=Cc1ccccc1. The van der Waals surface area contributed by atoms with E-state index in [1.165, 1.54) is 30.4 Å². The van der Waals surface area contributed by atoms with Crippen LogP contribution in [-0.2, 0) is 0 Å². The summed E-state index contributed by atoms with van der Waals surface area (Å²) in [5.41, 5.74) is 3.25. The van der Waals surface area contributed by atoms with Crippen LogP contribution in [0.15, 0.2) is 41.1 Å². The summed E-state index contributed by atoms with van der Waals surface area (Å²) in [6, 6.07) is 10.2. The van der Waals surface area contributed by atoms with E-state index >= 15 is 0 Å². The van der Waals surface area contributed by atoms with Gasteiger partial charge in [-0.1, -0.05) is 48.3 Å². The first kappa shape index (κ1) is 11.9. The number of benzene rings is 1. The van der Waals surface area contributed by atoms with Gasteiger partial charge in [0.2, 0.25) is 0 Å². The molecule has 17 heavy (non-hydrogen) atoms. The standard InChI is InChI=1S/C15H19NO/c17-16-15-11-7-2-1-6-10-14(15)12-13-8-4-3-5-9-13/h3-5,8-9,12,17H,1-2,6-7,10-11H2. The molecule has 0 aliphatic heterocycles. The molecule has 0 saturated heterocycles. The summed E-state index contributed by atoms with van der Waals surface area (Å²) in [7, 11) is 0. The lowest BCUT2D eigenvalue weighted by Crippen LogP contribution is -2.06. The summed E-state index contributed by atoms with van der Waals surface area (Å²) < 4.78 is 0. The summed E-state index contributed by atoms with van der Waals surface area (Å²) in [5, 5.41) is 12.6. The second kappa shape index (κ2) is 6.24. The Bertz CT molecular complexity index is 406. The largest absolute Gasteiger partial charge is 0.411 e. The Kier molecular flexibility index (Phi) is 4.37. The van der Waals surface area contributed by atoms with Crippen molar-refractivity contribution in [3.05, 3.63) is 41.5 Å². The van der Waals surface area contributed by atoms with Gasteiger partial charge < -0.3 is 5.21 Å². The van der Waals surface area contributed by atoms with Gasteiger partial charge in [-0.05, 0) is 42.9 Å². The Morgan fingerprint density at radius 2 is 1.65 bits per heavy atom. The lowest BCUT2D eigenvalue weighted by Gasteiger charge is -2.13. The number of hydrogen-bond acceptors (Lipinski definition) is 2. The molecule has 0 heterocycles. The van der Waals surface area contributed by atoms with Gasteiger partial charge >= 0.3 is 0 Å². The molecule has 0 atom stereocenters. The molecule has 0 amide bonds. The number of nitrogens with zero attached hydrogens (tertiary/aromatic N) is 1. The van der Waals surface area contributed by atoms with Gasteiger partial charge in [0.05, 0.1) is 5.71 Å². The van der Waals surface area contributed by atoms with Crippen molar-refractivity contribution in [2.45, 2.75) is 38.5 Å². The molecule has 0 aromatic heterocycles. The number of rotatable bonds is 1. The van der Waals surface area contributed by atoms with Crippen LogP contribution < -0.4 is 0 Å². The molecule has 2 rings (SSSR count). The molecule has 0 spiro atoms. The lowest BCUT2D eigenvalue weighted by molar-refractivity contribution is 0.317. The molecule has 1 saturated carbocycles. The fraction of sp³-hybridized carbons (Fsp3) is 0.400. The molecule has 1 aliphatic rings. The van der Waals surface area contributed by atoms with Crippen LogP contribution >= 0.6 is 0 Å². The van der Waals surface area contributed by atoms with Gasteiger partial charge in [0.1, 0.15) is 0 Å². The molecule has 0 unspecified atom stereocenters. The zero-order valence-corrected chi connectivity index (χ0v) is 10.1. The third-order valence-electron chi connectivity index (χ3n) is 3.24. The van der Waals surface area contributed by atoms with Gasteiger partial charge in [0, 0.05) is 0 Å². The van der Waals surface area contributed by atoms with E-state index in [1.54, 1.807) is 0 Å². The Morgan fingerprint density at radius 1 is 0.941 bits per heavy atom. The average molecular weight is 229 g/mol. The average Bonchev–Trinajstić information content (AvgIpc) is 2.34. The third kappa shape index (κ3) is 3.45. The van der Waals surface area contributed by atoms with Crippen LogP contribution in [0.2, 0.25) is 0 Å². The van der Waals surface area contributed by atoms with Crippen molar-refractivity contribution >= 4 is 11.8 Å². The first-order chi connectivity index (χ1) is 8.40. The molecule has 2 nitrogen and oxygen atoms in total. The van der Waals surface area contributed by atoms with Crippen LogP contribution in [0, 0.1) is 0 Å². The third-order valence-corrected chi connectivity index (χ3v) is 3.24. The van der Waals surface area contributed by atoms with Gasteiger partial charge in [-0.15, -0.1) is 0 Å². The number of allylic oxidation sites excluding steroid dienone is 1. The van der Waals surface area contributed by atoms with Crippen LogP contribution in [0.4, 0.5) is 0 Å². The Morgan fingerprint density at radius 3 is 2.35 bits per heavy atom. The van der Waals surface area contributed by atoms with Crippen LogP contribution in [0.1, 0.15) is 44.1 Å². The van der Waals surface area contributed by atoms with Gasteiger partial charge in [0.25, 0.3) is 0 Å². The molecule has 1 aliphatic carbocycles. The Hall–Kier alpha value is -1.57. The van der Waals surface area contributed by atoms with E-state index in [2.05, 4.69) is 23.4 Å². The molecule has 1 fully saturated rings. The highest BCUT2D eigenvalue weighted by atomic mass is 16.4. The second-order valence-electron chi connectivity index (χ2n) is 4.54.